The van der Waals surface area contributed by atoms with Crippen molar-refractivity contribution in [1.29, 1.82) is 0 Å². The molecule has 2 rings (SSSR count). The number of aromatic nitrogens is 2. The molecule has 116 valence electrons. The summed E-state index contributed by atoms with van der Waals surface area (Å²) in [5.41, 5.74) is -1.48. The maximum Gasteiger partial charge on any atom is 0.330 e. The number of rotatable bonds is 2. The number of aryl methyl sites for hydroxylation is 1. The van der Waals surface area contributed by atoms with Crippen LogP contribution in [0.5, 0.6) is 0 Å². The molecule has 2 heterocycles. The maximum atomic E-state index is 12.5. The van der Waals surface area contributed by atoms with Gasteiger partial charge in [0.2, 0.25) is 15.9 Å². The summed E-state index contributed by atoms with van der Waals surface area (Å²) in [5, 5.41) is 2.56. The van der Waals surface area contributed by atoms with Gasteiger partial charge in [-0.15, -0.1) is 0 Å². The molecule has 0 aliphatic carbocycles. The zero-order chi connectivity index (χ0) is 15.8. The molecule has 1 aromatic heterocycles. The van der Waals surface area contributed by atoms with Gasteiger partial charge in [0.15, 0.2) is 4.90 Å². The molecule has 0 atom stereocenters. The molecule has 1 aliphatic heterocycles. The van der Waals surface area contributed by atoms with Crippen LogP contribution in [0.1, 0.15) is 6.42 Å². The molecule has 0 unspecified atom stereocenters. The van der Waals surface area contributed by atoms with Gasteiger partial charge in [-0.1, -0.05) is 0 Å². The lowest BCUT2D eigenvalue weighted by atomic mass is 10.4. The predicted molar refractivity (Wildman–Crippen MR) is 73.3 cm³/mol. The van der Waals surface area contributed by atoms with Crippen LogP contribution in [0.3, 0.4) is 0 Å². The molecule has 0 radical (unpaired) electrons. The highest BCUT2D eigenvalue weighted by Crippen LogP contribution is 2.12. The normalized spacial score (nSPS) is 17.3. The molecule has 1 aliphatic rings. The number of carbonyl (C=O) groups excluding carboxylic acids is 1. The van der Waals surface area contributed by atoms with Crippen LogP contribution in [-0.4, -0.2) is 47.4 Å². The number of nitrogens with one attached hydrogen (secondary N) is 1. The van der Waals surface area contributed by atoms with Crippen LogP contribution in [0.2, 0.25) is 0 Å². The van der Waals surface area contributed by atoms with Crippen LogP contribution in [0.25, 0.3) is 0 Å². The molecule has 1 N–H and O–H groups in total. The van der Waals surface area contributed by atoms with Gasteiger partial charge < -0.3 is 9.88 Å². The summed E-state index contributed by atoms with van der Waals surface area (Å²) in [7, 11) is -1.46. The molecule has 1 saturated heterocycles. The zero-order valence-electron chi connectivity index (χ0n) is 11.7. The SMILES string of the molecule is Cn1cc(S(=O)(=O)N2CCNC(=O)CC2)c(=O)n(C)c1=O. The van der Waals surface area contributed by atoms with Crippen molar-refractivity contribution < 1.29 is 13.2 Å². The molecule has 10 heteroatoms. The smallest absolute Gasteiger partial charge is 0.330 e. The van der Waals surface area contributed by atoms with Gasteiger partial charge >= 0.3 is 5.69 Å². The molecule has 0 bridgehead atoms. The van der Waals surface area contributed by atoms with Crippen LogP contribution in [0.15, 0.2) is 20.7 Å². The van der Waals surface area contributed by atoms with Crippen molar-refractivity contribution in [3.8, 4) is 0 Å². The molecule has 0 saturated carbocycles. The standard InChI is InChI=1S/C11H16N4O5S/c1-13-7-8(10(17)14(2)11(13)18)21(19,20)15-5-3-9(16)12-4-6-15/h7H,3-6H2,1-2H3,(H,12,16). The Kier molecular flexibility index (Phi) is 4.01. The Bertz CT molecular complexity index is 792. The molecule has 0 aromatic carbocycles. The number of hydrogen-bond donors (Lipinski definition) is 1. The van der Waals surface area contributed by atoms with Gasteiger partial charge in [-0.2, -0.15) is 4.31 Å². The lowest BCUT2D eigenvalue weighted by Gasteiger charge is -2.19. The monoisotopic (exact) mass is 316 g/mol. The average molecular weight is 316 g/mol. The lowest BCUT2D eigenvalue weighted by molar-refractivity contribution is -0.120. The molecule has 1 aromatic rings. The van der Waals surface area contributed by atoms with Crippen LogP contribution in [0, 0.1) is 0 Å². The van der Waals surface area contributed by atoms with Crippen molar-refractivity contribution in [2.75, 3.05) is 19.6 Å². The fourth-order valence-electron chi connectivity index (χ4n) is 2.08. The number of sulfonamides is 1. The van der Waals surface area contributed by atoms with E-state index in [1.54, 1.807) is 0 Å². The van der Waals surface area contributed by atoms with E-state index in [1.807, 2.05) is 0 Å². The van der Waals surface area contributed by atoms with Crippen LogP contribution < -0.4 is 16.6 Å². The van der Waals surface area contributed by atoms with Gasteiger partial charge in [0.1, 0.15) is 0 Å². The first-order valence-corrected chi connectivity index (χ1v) is 7.72. The van der Waals surface area contributed by atoms with Gasteiger partial charge in [-0.3, -0.25) is 14.2 Å². The van der Waals surface area contributed by atoms with E-state index >= 15 is 0 Å². The average Bonchev–Trinajstić information content (AvgIpc) is 2.65. The molecular formula is C11H16N4O5S. The summed E-state index contributed by atoms with van der Waals surface area (Å²) in [4.78, 5) is 34.4. The topological polar surface area (TPSA) is 110 Å². The van der Waals surface area contributed by atoms with Crippen LogP contribution in [0.4, 0.5) is 0 Å². The van der Waals surface area contributed by atoms with Gasteiger partial charge in [0, 0.05) is 46.3 Å². The number of nitrogens with zero attached hydrogens (tertiary/aromatic N) is 3. The first kappa shape index (κ1) is 15.4. The molecule has 1 fully saturated rings. The number of carbonyl (C=O) groups is 1. The second-order valence-corrected chi connectivity index (χ2v) is 6.66. The van der Waals surface area contributed by atoms with Gasteiger partial charge in [0.05, 0.1) is 0 Å². The third-order valence-electron chi connectivity index (χ3n) is 3.30. The van der Waals surface area contributed by atoms with E-state index in [0.29, 0.717) is 0 Å². The van der Waals surface area contributed by atoms with Crippen molar-refractivity contribution in [2.45, 2.75) is 11.3 Å². The Labute approximate surface area is 120 Å². The Balaban J connectivity index is 2.52. The fraction of sp³-hybridized carbons (Fsp3) is 0.545. The molecule has 0 spiro atoms. The second kappa shape index (κ2) is 5.45. The van der Waals surface area contributed by atoms with Crippen molar-refractivity contribution in [3.05, 3.63) is 27.0 Å². The minimum Gasteiger partial charge on any atom is -0.355 e. The van der Waals surface area contributed by atoms with E-state index < -0.39 is 26.2 Å². The van der Waals surface area contributed by atoms with Gasteiger partial charge in [-0.25, -0.2) is 13.2 Å². The summed E-state index contributed by atoms with van der Waals surface area (Å²) < 4.78 is 27.9. The lowest BCUT2D eigenvalue weighted by Crippen LogP contribution is -2.43. The fourth-order valence-corrected chi connectivity index (χ4v) is 3.67. The molecule has 1 amide bonds. The first-order chi connectivity index (χ1) is 9.75. The van der Waals surface area contributed by atoms with E-state index in [4.69, 9.17) is 0 Å². The minimum atomic E-state index is -4.05. The van der Waals surface area contributed by atoms with Crippen molar-refractivity contribution in [2.24, 2.45) is 14.1 Å². The largest absolute Gasteiger partial charge is 0.355 e. The van der Waals surface area contributed by atoms with Crippen LogP contribution >= 0.6 is 0 Å². The third kappa shape index (κ3) is 2.76. The van der Waals surface area contributed by atoms with E-state index in [9.17, 15) is 22.8 Å². The summed E-state index contributed by atoms with van der Waals surface area (Å²) in [6, 6.07) is 0. The first-order valence-electron chi connectivity index (χ1n) is 6.28. The molecule has 21 heavy (non-hydrogen) atoms. The summed E-state index contributed by atoms with van der Waals surface area (Å²) >= 11 is 0. The van der Waals surface area contributed by atoms with E-state index in [-0.39, 0.29) is 32.0 Å². The van der Waals surface area contributed by atoms with Crippen molar-refractivity contribution in [3.63, 3.8) is 0 Å². The Morgan fingerprint density at radius 3 is 2.48 bits per heavy atom. The number of hydrogen-bond acceptors (Lipinski definition) is 5. The second-order valence-electron chi connectivity index (χ2n) is 4.76. The van der Waals surface area contributed by atoms with Gasteiger partial charge in [0.25, 0.3) is 5.56 Å². The van der Waals surface area contributed by atoms with E-state index in [0.717, 1.165) is 19.6 Å². The third-order valence-corrected chi connectivity index (χ3v) is 5.19. The number of amides is 1. The maximum absolute atomic E-state index is 12.5. The summed E-state index contributed by atoms with van der Waals surface area (Å²) in [5.74, 6) is -0.235. The Morgan fingerprint density at radius 2 is 1.81 bits per heavy atom. The highest BCUT2D eigenvalue weighted by Gasteiger charge is 2.30. The van der Waals surface area contributed by atoms with E-state index in [1.165, 1.54) is 14.1 Å². The molecule has 9 nitrogen and oxygen atoms in total. The van der Waals surface area contributed by atoms with E-state index in [2.05, 4.69) is 5.32 Å². The van der Waals surface area contributed by atoms with Gasteiger partial charge in [-0.05, 0) is 0 Å². The van der Waals surface area contributed by atoms with Crippen LogP contribution in [-0.2, 0) is 28.9 Å². The molecular weight excluding hydrogens is 300 g/mol. The van der Waals surface area contributed by atoms with Crippen molar-refractivity contribution >= 4 is 15.9 Å². The zero-order valence-corrected chi connectivity index (χ0v) is 12.5. The highest BCUT2D eigenvalue weighted by molar-refractivity contribution is 7.89. The van der Waals surface area contributed by atoms with Crippen molar-refractivity contribution in [1.82, 2.24) is 18.8 Å². The Hall–Kier alpha value is -1.94. The minimum absolute atomic E-state index is 0.000160. The Morgan fingerprint density at radius 1 is 1.14 bits per heavy atom. The summed E-state index contributed by atoms with van der Waals surface area (Å²) in [6.07, 6.45) is 1.05. The summed E-state index contributed by atoms with van der Waals surface area (Å²) in [6.45, 7) is 0.268. The quantitative estimate of drug-likeness (QED) is 0.654. The highest BCUT2D eigenvalue weighted by atomic mass is 32.2. The predicted octanol–water partition coefficient (Wildman–Crippen LogP) is -2.41.